The number of nitrogens with one attached hydrogen (secondary N) is 1. The van der Waals surface area contributed by atoms with Gasteiger partial charge in [0.1, 0.15) is 17.0 Å². The lowest BCUT2D eigenvalue weighted by atomic mass is 10.1. The van der Waals surface area contributed by atoms with E-state index in [0.717, 1.165) is 0 Å². The summed E-state index contributed by atoms with van der Waals surface area (Å²) in [5, 5.41) is 17.3. The lowest BCUT2D eigenvalue weighted by Gasteiger charge is -2.38. The maximum Gasteiger partial charge on any atom is 0.253 e. The summed E-state index contributed by atoms with van der Waals surface area (Å²) in [6.07, 6.45) is -0.785. The van der Waals surface area contributed by atoms with Crippen molar-refractivity contribution in [2.75, 3.05) is 11.5 Å². The third-order valence-electron chi connectivity index (χ3n) is 5.19. The van der Waals surface area contributed by atoms with Crippen molar-refractivity contribution >= 4 is 26.8 Å². The highest BCUT2D eigenvalue weighted by Gasteiger charge is 2.45. The molecule has 0 aliphatic carbocycles. The summed E-state index contributed by atoms with van der Waals surface area (Å²) in [4.78, 5) is 17.2. The summed E-state index contributed by atoms with van der Waals surface area (Å²) in [5.41, 5.74) is 1.58. The average molecular weight is 477 g/mol. The summed E-state index contributed by atoms with van der Waals surface area (Å²) in [6, 6.07) is 8.37. The summed E-state index contributed by atoms with van der Waals surface area (Å²) >= 11 is 0. The van der Waals surface area contributed by atoms with Crippen molar-refractivity contribution in [2.24, 2.45) is 0 Å². The zero-order valence-electron chi connectivity index (χ0n) is 18.4. The highest BCUT2D eigenvalue weighted by atomic mass is 32.2. The van der Waals surface area contributed by atoms with Crippen molar-refractivity contribution < 1.29 is 27.4 Å². The van der Waals surface area contributed by atoms with E-state index in [-0.39, 0.29) is 23.6 Å². The quantitative estimate of drug-likeness (QED) is 0.535. The number of amides is 1. The van der Waals surface area contributed by atoms with Gasteiger partial charge in [-0.3, -0.25) is 14.5 Å². The van der Waals surface area contributed by atoms with Crippen LogP contribution in [-0.4, -0.2) is 63.7 Å². The van der Waals surface area contributed by atoms with Crippen LogP contribution in [-0.2, 0) is 16.4 Å². The number of hydrogen-bond acceptors (Lipinski definition) is 7. The maximum absolute atomic E-state index is 13.3. The molecule has 4 rings (SSSR count). The summed E-state index contributed by atoms with van der Waals surface area (Å²) in [7, 11) is -3.12. The zero-order chi connectivity index (χ0) is 24.0. The van der Waals surface area contributed by atoms with E-state index in [4.69, 9.17) is 4.74 Å². The second-order valence-electron chi connectivity index (χ2n) is 8.71. The molecule has 0 spiro atoms. The molecule has 0 saturated carbocycles. The summed E-state index contributed by atoms with van der Waals surface area (Å²) < 4.78 is 43.0. The molecule has 1 aliphatic rings. The minimum absolute atomic E-state index is 0.110. The van der Waals surface area contributed by atoms with Crippen LogP contribution in [0.15, 0.2) is 36.5 Å². The predicted molar refractivity (Wildman–Crippen MR) is 120 cm³/mol. The largest absolute Gasteiger partial charge is 0.461 e. The molecule has 3 aromatic rings. The number of sulfone groups is 1. The molecule has 0 radical (unpaired) electrons. The Balaban J connectivity index is 1.71. The van der Waals surface area contributed by atoms with Crippen LogP contribution in [0, 0.1) is 0 Å². The van der Waals surface area contributed by atoms with Crippen molar-refractivity contribution in [2.45, 2.75) is 45.3 Å². The summed E-state index contributed by atoms with van der Waals surface area (Å²) in [6.45, 7) is 4.75. The molecule has 1 unspecified atom stereocenters. The van der Waals surface area contributed by atoms with Gasteiger partial charge >= 0.3 is 0 Å². The first-order chi connectivity index (χ1) is 15.4. The number of benzene rings is 1. The van der Waals surface area contributed by atoms with E-state index in [2.05, 4.69) is 15.4 Å². The third-order valence-corrected chi connectivity index (χ3v) is 7.34. The molecule has 2 atom stereocenters. The van der Waals surface area contributed by atoms with E-state index in [1.807, 2.05) is 0 Å². The van der Waals surface area contributed by atoms with Gasteiger partial charge in [0.05, 0.1) is 40.8 Å². The van der Waals surface area contributed by atoms with Crippen LogP contribution in [0.5, 0.6) is 5.75 Å². The predicted octanol–water partition coefficient (Wildman–Crippen LogP) is 2.09. The number of halogens is 1. The molecule has 9 nitrogen and oxygen atoms in total. The molecule has 1 aliphatic heterocycles. The van der Waals surface area contributed by atoms with Gasteiger partial charge in [-0.15, -0.1) is 0 Å². The van der Waals surface area contributed by atoms with E-state index in [1.165, 1.54) is 13.1 Å². The van der Waals surface area contributed by atoms with Crippen molar-refractivity contribution in [1.29, 1.82) is 0 Å². The fourth-order valence-corrected chi connectivity index (χ4v) is 6.01. The van der Waals surface area contributed by atoms with Gasteiger partial charge in [0.2, 0.25) is 6.36 Å². The molecule has 1 amide bonds. The average Bonchev–Trinajstić information content (AvgIpc) is 3.03. The van der Waals surface area contributed by atoms with Crippen molar-refractivity contribution in [3.63, 3.8) is 0 Å². The van der Waals surface area contributed by atoms with Crippen molar-refractivity contribution in [3.05, 3.63) is 42.1 Å². The molecular weight excluding hydrogens is 451 g/mol. The molecule has 2 N–H and O–H groups in total. The SMILES string of the molecule is CC(F)Oc1cccc(-c2nn(C[C@H](C)O)c3cc(C(=O)NC4(C)CS(=O)(=O)C4)cnc23)c1. The van der Waals surface area contributed by atoms with Crippen LogP contribution >= 0.6 is 0 Å². The normalized spacial score (nSPS) is 18.3. The summed E-state index contributed by atoms with van der Waals surface area (Å²) in [5.74, 6) is -0.330. The number of nitrogens with zero attached hydrogens (tertiary/aromatic N) is 3. The Hall–Kier alpha value is -3.05. The number of aliphatic hydroxyl groups excluding tert-OH is 1. The van der Waals surface area contributed by atoms with Gasteiger partial charge in [-0.25, -0.2) is 12.8 Å². The van der Waals surface area contributed by atoms with E-state index >= 15 is 0 Å². The van der Waals surface area contributed by atoms with E-state index in [9.17, 15) is 22.7 Å². The van der Waals surface area contributed by atoms with Crippen molar-refractivity contribution in [1.82, 2.24) is 20.1 Å². The second kappa shape index (κ2) is 8.38. The lowest BCUT2D eigenvalue weighted by molar-refractivity contribution is 0.0860. The Morgan fingerprint density at radius 1 is 1.33 bits per heavy atom. The molecule has 3 heterocycles. The Kier molecular flexibility index (Phi) is 5.87. The van der Waals surface area contributed by atoms with Crippen LogP contribution in [0.4, 0.5) is 4.39 Å². The standard InChI is InChI=1S/C22H25FN4O5S/c1-13(28)10-27-18-8-16(21(29)25-22(3)11-33(30,31)12-22)9-24-20(18)19(26-27)15-5-4-6-17(7-15)32-14(2)23/h4-9,13-14,28H,10-12H2,1-3H3,(H,25,29)/t13-,14?/m0/s1. The van der Waals surface area contributed by atoms with Crippen LogP contribution < -0.4 is 10.1 Å². The minimum Gasteiger partial charge on any atom is -0.461 e. The molecule has 33 heavy (non-hydrogen) atoms. The first-order valence-corrected chi connectivity index (χ1v) is 12.3. The highest BCUT2D eigenvalue weighted by molar-refractivity contribution is 7.93. The Bertz CT molecular complexity index is 1310. The van der Waals surface area contributed by atoms with Crippen molar-refractivity contribution in [3.8, 4) is 17.0 Å². The number of carbonyl (C=O) groups excluding carboxylic acids is 1. The number of fused-ring (bicyclic) bond motifs is 1. The molecule has 1 saturated heterocycles. The maximum atomic E-state index is 13.3. The number of carbonyl (C=O) groups is 1. The fourth-order valence-electron chi connectivity index (χ4n) is 4.01. The van der Waals surface area contributed by atoms with Gasteiger partial charge in [0.25, 0.3) is 5.91 Å². The smallest absolute Gasteiger partial charge is 0.253 e. The van der Waals surface area contributed by atoms with E-state index in [0.29, 0.717) is 28.0 Å². The molecular formula is C22H25FN4O5S. The first kappa shape index (κ1) is 23.1. The number of aliphatic hydroxyl groups is 1. The molecule has 1 aromatic carbocycles. The zero-order valence-corrected chi connectivity index (χ0v) is 19.3. The number of ether oxygens (including phenoxy) is 1. The van der Waals surface area contributed by atoms with Crippen LogP contribution in [0.3, 0.4) is 0 Å². The van der Waals surface area contributed by atoms with Gasteiger partial charge < -0.3 is 15.2 Å². The van der Waals surface area contributed by atoms with Crippen LogP contribution in [0.1, 0.15) is 31.1 Å². The number of alkyl halides is 1. The number of rotatable bonds is 7. The minimum atomic E-state index is -3.12. The molecule has 0 bridgehead atoms. The molecule has 11 heteroatoms. The van der Waals surface area contributed by atoms with Gasteiger partial charge in [-0.05, 0) is 32.0 Å². The van der Waals surface area contributed by atoms with Gasteiger partial charge in [0.15, 0.2) is 9.84 Å². The number of aromatic nitrogens is 3. The van der Waals surface area contributed by atoms with E-state index < -0.39 is 33.7 Å². The fraction of sp³-hybridized carbons (Fsp3) is 0.409. The molecule has 1 fully saturated rings. The third kappa shape index (κ3) is 4.98. The topological polar surface area (TPSA) is 123 Å². The Labute approximate surface area is 190 Å². The van der Waals surface area contributed by atoms with Crippen LogP contribution in [0.25, 0.3) is 22.3 Å². The first-order valence-electron chi connectivity index (χ1n) is 10.4. The van der Waals surface area contributed by atoms with E-state index in [1.54, 1.807) is 48.9 Å². The molecule has 176 valence electrons. The number of pyridine rings is 1. The van der Waals surface area contributed by atoms with Gasteiger partial charge in [0, 0.05) is 18.7 Å². The Morgan fingerprint density at radius 3 is 2.70 bits per heavy atom. The van der Waals surface area contributed by atoms with Gasteiger partial charge in [-0.1, -0.05) is 12.1 Å². The lowest BCUT2D eigenvalue weighted by Crippen LogP contribution is -2.63. The second-order valence-corrected chi connectivity index (χ2v) is 10.8. The Morgan fingerprint density at radius 2 is 2.06 bits per heavy atom. The van der Waals surface area contributed by atoms with Gasteiger partial charge in [-0.2, -0.15) is 5.10 Å². The monoisotopic (exact) mass is 476 g/mol. The van der Waals surface area contributed by atoms with Crippen LogP contribution in [0.2, 0.25) is 0 Å². The highest BCUT2D eigenvalue weighted by Crippen LogP contribution is 2.30. The molecule has 2 aromatic heterocycles. The number of hydrogen-bond donors (Lipinski definition) is 2.